The molecule has 0 bridgehead atoms. The highest BCUT2D eigenvalue weighted by molar-refractivity contribution is 4.95. The van der Waals surface area contributed by atoms with E-state index in [1.54, 1.807) is 0 Å². The van der Waals surface area contributed by atoms with Gasteiger partial charge in [-0.2, -0.15) is 0 Å². The van der Waals surface area contributed by atoms with E-state index in [0.29, 0.717) is 11.5 Å². The van der Waals surface area contributed by atoms with Crippen molar-refractivity contribution in [3.8, 4) is 0 Å². The van der Waals surface area contributed by atoms with E-state index in [2.05, 4.69) is 13.8 Å². The molecular formula is C11H20O. The molecule has 2 rings (SSSR count). The summed E-state index contributed by atoms with van der Waals surface area (Å²) in [6, 6.07) is 0. The lowest BCUT2D eigenvalue weighted by molar-refractivity contribution is -0.0341. The molecule has 0 aromatic carbocycles. The van der Waals surface area contributed by atoms with Crippen LogP contribution in [-0.4, -0.2) is 12.7 Å². The molecule has 1 saturated heterocycles. The van der Waals surface area contributed by atoms with Crippen molar-refractivity contribution in [3.63, 3.8) is 0 Å². The highest BCUT2D eigenvalue weighted by Gasteiger charge is 2.45. The van der Waals surface area contributed by atoms with Crippen LogP contribution in [-0.2, 0) is 4.74 Å². The van der Waals surface area contributed by atoms with Crippen molar-refractivity contribution in [2.75, 3.05) is 6.61 Å². The number of hydrogen-bond donors (Lipinski definition) is 0. The highest BCUT2D eigenvalue weighted by Crippen LogP contribution is 2.52. The Morgan fingerprint density at radius 3 is 2.50 bits per heavy atom. The Labute approximate surface area is 75.5 Å². The van der Waals surface area contributed by atoms with Gasteiger partial charge in [0, 0.05) is 0 Å². The van der Waals surface area contributed by atoms with E-state index in [1.165, 1.54) is 32.1 Å². The van der Waals surface area contributed by atoms with Gasteiger partial charge in [-0.05, 0) is 43.4 Å². The molecule has 12 heavy (non-hydrogen) atoms. The Bertz CT molecular complexity index is 148. The molecule has 1 unspecified atom stereocenters. The first-order valence-electron chi connectivity index (χ1n) is 5.32. The summed E-state index contributed by atoms with van der Waals surface area (Å²) in [6.07, 6.45) is 7.46. The van der Waals surface area contributed by atoms with Crippen LogP contribution in [0.15, 0.2) is 0 Å². The minimum atomic E-state index is 0.580. The quantitative estimate of drug-likeness (QED) is 0.616. The SMILES string of the molecule is CC(C)CC1CCC2(CC2)CO1. The van der Waals surface area contributed by atoms with Gasteiger partial charge >= 0.3 is 0 Å². The second-order valence-electron chi connectivity index (χ2n) is 5.10. The van der Waals surface area contributed by atoms with Gasteiger partial charge in [0.15, 0.2) is 0 Å². The molecule has 1 saturated carbocycles. The summed E-state index contributed by atoms with van der Waals surface area (Å²) in [5, 5.41) is 0. The first kappa shape index (κ1) is 8.55. The van der Waals surface area contributed by atoms with E-state index in [1.807, 2.05) is 0 Å². The smallest absolute Gasteiger partial charge is 0.0578 e. The van der Waals surface area contributed by atoms with Crippen LogP contribution >= 0.6 is 0 Å². The predicted molar refractivity (Wildman–Crippen MR) is 50.1 cm³/mol. The maximum absolute atomic E-state index is 5.87. The van der Waals surface area contributed by atoms with Gasteiger partial charge in [0.25, 0.3) is 0 Å². The minimum Gasteiger partial charge on any atom is -0.378 e. The first-order valence-corrected chi connectivity index (χ1v) is 5.32. The average molecular weight is 168 g/mol. The van der Waals surface area contributed by atoms with Gasteiger partial charge in [0.2, 0.25) is 0 Å². The molecular weight excluding hydrogens is 148 g/mol. The summed E-state index contributed by atoms with van der Waals surface area (Å²) in [5.41, 5.74) is 0.674. The molecule has 1 atom stereocenters. The fraction of sp³-hybridized carbons (Fsp3) is 1.00. The predicted octanol–water partition coefficient (Wildman–Crippen LogP) is 2.99. The van der Waals surface area contributed by atoms with Crippen LogP contribution in [0.5, 0.6) is 0 Å². The average Bonchev–Trinajstić information content (AvgIpc) is 2.75. The molecule has 1 aliphatic carbocycles. The zero-order valence-electron chi connectivity index (χ0n) is 8.31. The fourth-order valence-corrected chi connectivity index (χ4v) is 2.20. The second kappa shape index (κ2) is 3.02. The van der Waals surface area contributed by atoms with Crippen LogP contribution < -0.4 is 0 Å². The van der Waals surface area contributed by atoms with Crippen LogP contribution in [0.4, 0.5) is 0 Å². The summed E-state index contributed by atoms with van der Waals surface area (Å²) in [4.78, 5) is 0. The van der Waals surface area contributed by atoms with Crippen LogP contribution in [0, 0.1) is 11.3 Å². The van der Waals surface area contributed by atoms with Gasteiger partial charge in [-0.25, -0.2) is 0 Å². The van der Waals surface area contributed by atoms with Crippen molar-refractivity contribution in [2.24, 2.45) is 11.3 Å². The van der Waals surface area contributed by atoms with Crippen molar-refractivity contribution >= 4 is 0 Å². The van der Waals surface area contributed by atoms with Gasteiger partial charge < -0.3 is 4.74 Å². The van der Waals surface area contributed by atoms with Gasteiger partial charge in [0.05, 0.1) is 12.7 Å². The Hall–Kier alpha value is -0.0400. The van der Waals surface area contributed by atoms with Crippen LogP contribution in [0.2, 0.25) is 0 Å². The van der Waals surface area contributed by atoms with Crippen LogP contribution in [0.25, 0.3) is 0 Å². The first-order chi connectivity index (χ1) is 5.70. The summed E-state index contributed by atoms with van der Waals surface area (Å²) in [6.45, 7) is 5.63. The molecule has 2 aliphatic rings. The molecule has 1 spiro atoms. The Kier molecular flexibility index (Phi) is 2.16. The minimum absolute atomic E-state index is 0.580. The van der Waals surface area contributed by atoms with Crippen molar-refractivity contribution in [1.29, 1.82) is 0 Å². The summed E-state index contributed by atoms with van der Waals surface area (Å²) in [5.74, 6) is 0.795. The Morgan fingerprint density at radius 1 is 1.33 bits per heavy atom. The molecule has 1 nitrogen and oxygen atoms in total. The normalized spacial score (nSPS) is 32.8. The van der Waals surface area contributed by atoms with E-state index < -0.39 is 0 Å². The third kappa shape index (κ3) is 1.82. The van der Waals surface area contributed by atoms with E-state index in [9.17, 15) is 0 Å². The standard InChI is InChI=1S/C11H20O/c1-9(2)7-10-3-4-11(5-6-11)8-12-10/h9-10H,3-8H2,1-2H3. The largest absolute Gasteiger partial charge is 0.378 e. The third-order valence-electron chi connectivity index (χ3n) is 3.31. The fourth-order valence-electron chi connectivity index (χ4n) is 2.20. The topological polar surface area (TPSA) is 9.23 Å². The van der Waals surface area contributed by atoms with Gasteiger partial charge in [-0.1, -0.05) is 13.8 Å². The highest BCUT2D eigenvalue weighted by atomic mass is 16.5. The Balaban J connectivity index is 1.74. The maximum atomic E-state index is 5.87. The van der Waals surface area contributed by atoms with Crippen molar-refractivity contribution in [3.05, 3.63) is 0 Å². The molecule has 1 heterocycles. The number of ether oxygens (including phenoxy) is 1. The van der Waals surface area contributed by atoms with Crippen molar-refractivity contribution < 1.29 is 4.74 Å². The summed E-state index contributed by atoms with van der Waals surface area (Å²) < 4.78 is 5.87. The van der Waals surface area contributed by atoms with Gasteiger partial charge in [0.1, 0.15) is 0 Å². The number of hydrogen-bond acceptors (Lipinski definition) is 1. The van der Waals surface area contributed by atoms with Crippen LogP contribution in [0.1, 0.15) is 46.0 Å². The molecule has 0 amide bonds. The van der Waals surface area contributed by atoms with E-state index in [0.717, 1.165) is 12.5 Å². The molecule has 0 radical (unpaired) electrons. The van der Waals surface area contributed by atoms with Gasteiger partial charge in [-0.15, -0.1) is 0 Å². The zero-order valence-corrected chi connectivity index (χ0v) is 8.31. The van der Waals surface area contributed by atoms with Crippen molar-refractivity contribution in [2.45, 2.75) is 52.1 Å². The third-order valence-corrected chi connectivity index (χ3v) is 3.31. The van der Waals surface area contributed by atoms with E-state index in [-0.39, 0.29) is 0 Å². The zero-order chi connectivity index (χ0) is 8.60. The van der Waals surface area contributed by atoms with Gasteiger partial charge in [-0.3, -0.25) is 0 Å². The summed E-state index contributed by atoms with van der Waals surface area (Å²) >= 11 is 0. The van der Waals surface area contributed by atoms with E-state index >= 15 is 0 Å². The molecule has 2 fully saturated rings. The summed E-state index contributed by atoms with van der Waals surface area (Å²) in [7, 11) is 0. The lowest BCUT2D eigenvalue weighted by atomic mass is 9.92. The van der Waals surface area contributed by atoms with Crippen LogP contribution in [0.3, 0.4) is 0 Å². The lowest BCUT2D eigenvalue weighted by Crippen LogP contribution is -2.27. The second-order valence-corrected chi connectivity index (χ2v) is 5.10. The lowest BCUT2D eigenvalue weighted by Gasteiger charge is -2.29. The Morgan fingerprint density at radius 2 is 2.08 bits per heavy atom. The number of rotatable bonds is 2. The molecule has 0 aromatic rings. The monoisotopic (exact) mass is 168 g/mol. The molecule has 1 aliphatic heterocycles. The molecule has 1 heteroatoms. The van der Waals surface area contributed by atoms with E-state index in [4.69, 9.17) is 4.74 Å². The molecule has 0 N–H and O–H groups in total. The molecule has 70 valence electrons. The van der Waals surface area contributed by atoms with Crippen molar-refractivity contribution in [1.82, 2.24) is 0 Å². The molecule has 0 aromatic heterocycles. The maximum Gasteiger partial charge on any atom is 0.0578 e.